The molecule has 5 heteroatoms. The molecule has 0 saturated heterocycles. The molecule has 0 saturated carbocycles. The van der Waals surface area contributed by atoms with Crippen LogP contribution in [0.5, 0.6) is 0 Å². The van der Waals surface area contributed by atoms with E-state index in [-0.39, 0.29) is 12.0 Å². The summed E-state index contributed by atoms with van der Waals surface area (Å²) in [5.74, 6) is -0.193. The molecule has 100 valence electrons. The van der Waals surface area contributed by atoms with Crippen molar-refractivity contribution >= 4 is 33.5 Å². The quantitative estimate of drug-likeness (QED) is 0.812. The summed E-state index contributed by atoms with van der Waals surface area (Å²) in [6.07, 6.45) is 1.68. The van der Waals surface area contributed by atoms with Gasteiger partial charge in [0.25, 0.3) is 0 Å². The van der Waals surface area contributed by atoms with Crippen molar-refractivity contribution in [3.8, 4) is 0 Å². The van der Waals surface area contributed by atoms with Gasteiger partial charge in [-0.15, -0.1) is 0 Å². The third kappa shape index (κ3) is 5.38. The minimum atomic E-state index is -0.193. The molecule has 18 heavy (non-hydrogen) atoms. The molecule has 1 aromatic carbocycles. The summed E-state index contributed by atoms with van der Waals surface area (Å²) < 4.78 is 5.72. The zero-order chi connectivity index (χ0) is 13.5. The molecule has 0 aliphatic heterocycles. The molecule has 0 bridgehead atoms. The van der Waals surface area contributed by atoms with Crippen LogP contribution >= 0.6 is 27.5 Å². The first-order chi connectivity index (χ1) is 8.52. The number of carbonyl (C=O) groups is 1. The van der Waals surface area contributed by atoms with Crippen molar-refractivity contribution in [2.45, 2.75) is 32.2 Å². The van der Waals surface area contributed by atoms with Gasteiger partial charge in [-0.2, -0.15) is 0 Å². The normalized spacial score (nSPS) is 12.2. The molecule has 1 rings (SSSR count). The predicted octanol–water partition coefficient (Wildman–Crippen LogP) is 3.32. The molecular weight excluding hydrogens is 318 g/mol. The third-order valence-electron chi connectivity index (χ3n) is 2.51. The van der Waals surface area contributed by atoms with E-state index in [9.17, 15) is 4.79 Å². The van der Waals surface area contributed by atoms with Gasteiger partial charge >= 0.3 is 5.97 Å². The lowest BCUT2D eigenvalue weighted by Crippen LogP contribution is -2.24. The second-order valence-corrected chi connectivity index (χ2v) is 5.32. The number of ether oxygens (including phenoxy) is 1. The summed E-state index contributed by atoms with van der Waals surface area (Å²) in [5.41, 5.74) is 7.04. The van der Waals surface area contributed by atoms with Gasteiger partial charge in [0.05, 0.1) is 11.6 Å². The molecule has 3 nitrogen and oxygen atoms in total. The highest BCUT2D eigenvalue weighted by Gasteiger charge is 2.09. The van der Waals surface area contributed by atoms with Crippen LogP contribution in [0.25, 0.3) is 0 Å². The fourth-order valence-corrected chi connectivity index (χ4v) is 2.06. The summed E-state index contributed by atoms with van der Waals surface area (Å²) in [6.45, 7) is 2.21. The van der Waals surface area contributed by atoms with Gasteiger partial charge in [0.2, 0.25) is 0 Å². The summed E-state index contributed by atoms with van der Waals surface area (Å²) in [6, 6.07) is 5.69. The van der Waals surface area contributed by atoms with Gasteiger partial charge in [-0.3, -0.25) is 4.79 Å². The summed E-state index contributed by atoms with van der Waals surface area (Å²) >= 11 is 9.34. The molecule has 0 radical (unpaired) electrons. The maximum Gasteiger partial charge on any atom is 0.305 e. The van der Waals surface area contributed by atoms with E-state index in [0.717, 1.165) is 10.0 Å². The van der Waals surface area contributed by atoms with E-state index in [0.29, 0.717) is 30.9 Å². The van der Waals surface area contributed by atoms with Crippen LogP contribution in [0.1, 0.15) is 25.3 Å². The van der Waals surface area contributed by atoms with Gasteiger partial charge in [-0.1, -0.05) is 17.7 Å². The molecule has 0 aliphatic carbocycles. The maximum atomic E-state index is 11.2. The summed E-state index contributed by atoms with van der Waals surface area (Å²) in [4.78, 5) is 11.2. The first kappa shape index (κ1) is 15.5. The number of benzene rings is 1. The molecular formula is C13H17BrClNO2. The van der Waals surface area contributed by atoms with E-state index in [2.05, 4.69) is 15.9 Å². The standard InChI is InChI=1S/C13H17BrClNO2/c1-2-18-13(17)6-4-10(16)7-9-3-5-11(14)12(15)8-9/h3,5,8,10H,2,4,6-7,16H2,1H3. The highest BCUT2D eigenvalue weighted by Crippen LogP contribution is 2.23. The Hall–Kier alpha value is -0.580. The van der Waals surface area contributed by atoms with E-state index in [1.165, 1.54) is 0 Å². The molecule has 1 aromatic rings. The van der Waals surface area contributed by atoms with Gasteiger partial charge in [0, 0.05) is 16.9 Å². The van der Waals surface area contributed by atoms with Crippen molar-refractivity contribution in [1.82, 2.24) is 0 Å². The fourth-order valence-electron chi connectivity index (χ4n) is 1.61. The number of hydrogen-bond donors (Lipinski definition) is 1. The average molecular weight is 335 g/mol. The first-order valence-corrected chi connectivity index (χ1v) is 7.05. The maximum absolute atomic E-state index is 11.2. The van der Waals surface area contributed by atoms with Crippen LogP contribution in [0.15, 0.2) is 22.7 Å². The average Bonchev–Trinajstić information content (AvgIpc) is 2.32. The molecule has 2 N–H and O–H groups in total. The minimum absolute atomic E-state index is 0.0633. The van der Waals surface area contributed by atoms with Gasteiger partial charge in [0.15, 0.2) is 0 Å². The Morgan fingerprint density at radius 1 is 1.56 bits per heavy atom. The Bertz CT molecular complexity index is 412. The van der Waals surface area contributed by atoms with E-state index in [1.807, 2.05) is 18.2 Å². The van der Waals surface area contributed by atoms with Crippen LogP contribution in [-0.2, 0) is 16.0 Å². The highest BCUT2D eigenvalue weighted by molar-refractivity contribution is 9.10. The van der Waals surface area contributed by atoms with Crippen molar-refractivity contribution in [2.24, 2.45) is 5.73 Å². The lowest BCUT2D eigenvalue weighted by molar-refractivity contribution is -0.143. The van der Waals surface area contributed by atoms with Gasteiger partial charge < -0.3 is 10.5 Å². The molecule has 1 atom stereocenters. The van der Waals surface area contributed by atoms with Crippen LogP contribution < -0.4 is 5.73 Å². The van der Waals surface area contributed by atoms with Crippen LogP contribution in [0.4, 0.5) is 0 Å². The summed E-state index contributed by atoms with van der Waals surface area (Å²) in [5, 5.41) is 0.671. The number of halogens is 2. The molecule has 0 spiro atoms. The SMILES string of the molecule is CCOC(=O)CCC(N)Cc1ccc(Br)c(Cl)c1. The molecule has 0 amide bonds. The van der Waals surface area contributed by atoms with E-state index in [1.54, 1.807) is 6.92 Å². The van der Waals surface area contributed by atoms with Gasteiger partial charge in [0.1, 0.15) is 0 Å². The number of rotatable bonds is 6. The largest absolute Gasteiger partial charge is 0.466 e. The fraction of sp³-hybridized carbons (Fsp3) is 0.462. The smallest absolute Gasteiger partial charge is 0.305 e. The second kappa shape index (κ2) is 7.77. The number of nitrogens with two attached hydrogens (primary N) is 1. The Morgan fingerprint density at radius 2 is 2.28 bits per heavy atom. The van der Waals surface area contributed by atoms with Crippen LogP contribution in [0.2, 0.25) is 5.02 Å². The zero-order valence-electron chi connectivity index (χ0n) is 10.3. The molecule has 1 unspecified atom stereocenters. The van der Waals surface area contributed by atoms with E-state index >= 15 is 0 Å². The van der Waals surface area contributed by atoms with E-state index < -0.39 is 0 Å². The molecule has 0 heterocycles. The Balaban J connectivity index is 2.42. The zero-order valence-corrected chi connectivity index (χ0v) is 12.6. The number of carbonyl (C=O) groups excluding carboxylic acids is 1. The van der Waals surface area contributed by atoms with Crippen LogP contribution in [-0.4, -0.2) is 18.6 Å². The van der Waals surface area contributed by atoms with Gasteiger partial charge in [-0.05, 0) is 53.4 Å². The second-order valence-electron chi connectivity index (χ2n) is 4.06. The third-order valence-corrected chi connectivity index (χ3v) is 3.74. The molecule has 0 aliphatic rings. The topological polar surface area (TPSA) is 52.3 Å². The number of hydrogen-bond acceptors (Lipinski definition) is 3. The van der Waals surface area contributed by atoms with Crippen LogP contribution in [0, 0.1) is 0 Å². The van der Waals surface area contributed by atoms with Gasteiger partial charge in [-0.25, -0.2) is 0 Å². The number of esters is 1. The monoisotopic (exact) mass is 333 g/mol. The lowest BCUT2D eigenvalue weighted by atomic mass is 10.0. The Labute approximate surface area is 121 Å². The Kier molecular flexibility index (Phi) is 6.68. The van der Waals surface area contributed by atoms with Crippen molar-refractivity contribution in [3.63, 3.8) is 0 Å². The highest BCUT2D eigenvalue weighted by atomic mass is 79.9. The van der Waals surface area contributed by atoms with Crippen molar-refractivity contribution < 1.29 is 9.53 Å². The van der Waals surface area contributed by atoms with Crippen LogP contribution in [0.3, 0.4) is 0 Å². The van der Waals surface area contributed by atoms with Crippen molar-refractivity contribution in [2.75, 3.05) is 6.61 Å². The first-order valence-electron chi connectivity index (χ1n) is 5.88. The Morgan fingerprint density at radius 3 is 2.89 bits per heavy atom. The predicted molar refractivity (Wildman–Crippen MR) is 76.7 cm³/mol. The molecule has 0 aromatic heterocycles. The molecule has 0 fully saturated rings. The minimum Gasteiger partial charge on any atom is -0.466 e. The van der Waals surface area contributed by atoms with Crippen molar-refractivity contribution in [3.05, 3.63) is 33.3 Å². The van der Waals surface area contributed by atoms with E-state index in [4.69, 9.17) is 22.1 Å². The van der Waals surface area contributed by atoms with Crippen molar-refractivity contribution in [1.29, 1.82) is 0 Å². The summed E-state index contributed by atoms with van der Waals surface area (Å²) in [7, 11) is 0. The lowest BCUT2D eigenvalue weighted by Gasteiger charge is -2.11.